The van der Waals surface area contributed by atoms with Crippen LogP contribution in [0.1, 0.15) is 19.3 Å². The van der Waals surface area contributed by atoms with Crippen LogP contribution in [0.3, 0.4) is 0 Å². The van der Waals surface area contributed by atoms with Gasteiger partial charge in [-0.2, -0.15) is 0 Å². The van der Waals surface area contributed by atoms with Gasteiger partial charge in [0.2, 0.25) is 5.91 Å². The molecule has 0 saturated carbocycles. The quantitative estimate of drug-likeness (QED) is 0.791. The van der Waals surface area contributed by atoms with Crippen molar-refractivity contribution in [2.75, 3.05) is 32.7 Å². The van der Waals surface area contributed by atoms with Gasteiger partial charge in [-0.15, -0.1) is 24.8 Å². The van der Waals surface area contributed by atoms with Crippen molar-refractivity contribution >= 4 is 30.7 Å². The molecule has 4 rings (SSSR count). The van der Waals surface area contributed by atoms with Crippen LogP contribution in [0, 0.1) is 5.92 Å². The Kier molecular flexibility index (Phi) is 6.23. The SMILES string of the molecule is Cl.Cl.O=C1C2CNC3=CC=CC(CN1CCC1CCNCC1)N32. The number of hydrogen-bond donors (Lipinski definition) is 2. The third-order valence-electron chi connectivity index (χ3n) is 5.31. The minimum atomic E-state index is 0. The first-order valence-electron chi connectivity index (χ1n) is 8.23. The first-order chi connectivity index (χ1) is 10.3. The second-order valence-corrected chi connectivity index (χ2v) is 6.57. The molecule has 0 aromatic carbocycles. The van der Waals surface area contributed by atoms with Crippen LogP contribution in [-0.2, 0) is 4.79 Å². The van der Waals surface area contributed by atoms with Crippen molar-refractivity contribution < 1.29 is 4.79 Å². The van der Waals surface area contributed by atoms with Crippen molar-refractivity contribution in [2.45, 2.75) is 31.3 Å². The molecule has 2 unspecified atom stereocenters. The van der Waals surface area contributed by atoms with E-state index in [1.54, 1.807) is 0 Å². The van der Waals surface area contributed by atoms with E-state index in [-0.39, 0.29) is 30.9 Å². The second-order valence-electron chi connectivity index (χ2n) is 6.57. The summed E-state index contributed by atoms with van der Waals surface area (Å²) in [5.41, 5.74) is 0. The molecule has 0 spiro atoms. The van der Waals surface area contributed by atoms with Crippen LogP contribution in [0.2, 0.25) is 0 Å². The molecule has 4 aliphatic rings. The Morgan fingerprint density at radius 1 is 1.22 bits per heavy atom. The van der Waals surface area contributed by atoms with Gasteiger partial charge >= 0.3 is 0 Å². The number of piperazine rings is 1. The van der Waals surface area contributed by atoms with Crippen LogP contribution in [0.5, 0.6) is 0 Å². The Hall–Kier alpha value is -0.910. The number of nitrogens with one attached hydrogen (secondary N) is 2. The van der Waals surface area contributed by atoms with Crippen molar-refractivity contribution in [1.82, 2.24) is 20.4 Å². The zero-order valence-electron chi connectivity index (χ0n) is 13.2. The van der Waals surface area contributed by atoms with E-state index in [2.05, 4.69) is 38.7 Å². The molecule has 0 aliphatic carbocycles. The van der Waals surface area contributed by atoms with E-state index < -0.39 is 0 Å². The van der Waals surface area contributed by atoms with Gasteiger partial charge in [0.25, 0.3) is 0 Å². The van der Waals surface area contributed by atoms with E-state index >= 15 is 0 Å². The van der Waals surface area contributed by atoms with Crippen LogP contribution in [0.4, 0.5) is 0 Å². The van der Waals surface area contributed by atoms with Crippen LogP contribution in [-0.4, -0.2) is 60.5 Å². The third-order valence-corrected chi connectivity index (χ3v) is 5.31. The summed E-state index contributed by atoms with van der Waals surface area (Å²) < 4.78 is 0. The molecular weight excluding hydrogens is 335 g/mol. The molecule has 130 valence electrons. The minimum Gasteiger partial charge on any atom is -0.369 e. The number of piperidine rings is 1. The lowest BCUT2D eigenvalue weighted by Gasteiger charge is -2.43. The predicted octanol–water partition coefficient (Wildman–Crippen LogP) is 1.12. The van der Waals surface area contributed by atoms with E-state index in [1.165, 1.54) is 12.8 Å². The molecule has 0 aromatic heterocycles. The van der Waals surface area contributed by atoms with Crippen LogP contribution < -0.4 is 10.6 Å². The molecule has 1 amide bonds. The number of rotatable bonds is 3. The summed E-state index contributed by atoms with van der Waals surface area (Å²) in [5.74, 6) is 2.22. The summed E-state index contributed by atoms with van der Waals surface area (Å²) in [7, 11) is 0. The summed E-state index contributed by atoms with van der Waals surface area (Å²) in [6.45, 7) is 4.80. The van der Waals surface area contributed by atoms with E-state index in [0.29, 0.717) is 11.9 Å². The van der Waals surface area contributed by atoms with Crippen molar-refractivity contribution in [3.8, 4) is 0 Å². The van der Waals surface area contributed by atoms with Crippen LogP contribution >= 0.6 is 24.8 Å². The van der Waals surface area contributed by atoms with Gasteiger partial charge in [-0.3, -0.25) is 4.79 Å². The molecule has 0 radical (unpaired) electrons. The van der Waals surface area contributed by atoms with Gasteiger partial charge in [0.05, 0.1) is 6.04 Å². The van der Waals surface area contributed by atoms with Gasteiger partial charge in [-0.05, 0) is 44.3 Å². The Balaban J connectivity index is 0.000000960. The van der Waals surface area contributed by atoms with Gasteiger partial charge in [0.1, 0.15) is 11.9 Å². The highest BCUT2D eigenvalue weighted by atomic mass is 35.5. The second kappa shape index (κ2) is 7.77. The molecule has 5 nitrogen and oxygen atoms in total. The predicted molar refractivity (Wildman–Crippen MR) is 95.9 cm³/mol. The molecule has 0 bridgehead atoms. The molecule has 2 N–H and O–H groups in total. The first-order valence-corrected chi connectivity index (χ1v) is 8.23. The summed E-state index contributed by atoms with van der Waals surface area (Å²) in [5, 5.41) is 6.78. The Morgan fingerprint density at radius 3 is 2.78 bits per heavy atom. The number of halogens is 2. The summed E-state index contributed by atoms with van der Waals surface area (Å²) >= 11 is 0. The van der Waals surface area contributed by atoms with E-state index in [1.807, 2.05) is 0 Å². The summed E-state index contributed by atoms with van der Waals surface area (Å²) in [6.07, 6.45) is 10.1. The molecule has 3 saturated heterocycles. The maximum absolute atomic E-state index is 12.7. The maximum Gasteiger partial charge on any atom is 0.247 e. The van der Waals surface area contributed by atoms with Gasteiger partial charge < -0.3 is 20.4 Å². The Labute approximate surface area is 150 Å². The van der Waals surface area contributed by atoms with Crippen molar-refractivity contribution in [3.63, 3.8) is 0 Å². The molecule has 4 heterocycles. The largest absolute Gasteiger partial charge is 0.369 e. The van der Waals surface area contributed by atoms with Crippen LogP contribution in [0.25, 0.3) is 0 Å². The zero-order chi connectivity index (χ0) is 14.2. The smallest absolute Gasteiger partial charge is 0.247 e. The summed E-state index contributed by atoms with van der Waals surface area (Å²) in [6, 6.07) is 0.365. The first kappa shape index (κ1) is 18.4. The number of nitrogens with zero attached hydrogens (tertiary/aromatic N) is 2. The number of allylic oxidation sites excluding steroid dienone is 2. The minimum absolute atomic E-state index is 0. The lowest BCUT2D eigenvalue weighted by molar-refractivity contribution is -0.140. The molecule has 3 fully saturated rings. The average Bonchev–Trinajstić information content (AvgIpc) is 2.96. The fraction of sp³-hybridized carbons (Fsp3) is 0.688. The summed E-state index contributed by atoms with van der Waals surface area (Å²) in [4.78, 5) is 17.1. The Morgan fingerprint density at radius 2 is 2.00 bits per heavy atom. The highest BCUT2D eigenvalue weighted by molar-refractivity contribution is 5.85. The molecule has 23 heavy (non-hydrogen) atoms. The van der Waals surface area contributed by atoms with Crippen molar-refractivity contribution in [2.24, 2.45) is 5.92 Å². The van der Waals surface area contributed by atoms with Gasteiger partial charge in [-0.1, -0.05) is 12.2 Å². The van der Waals surface area contributed by atoms with Crippen LogP contribution in [0.15, 0.2) is 24.0 Å². The monoisotopic (exact) mass is 360 g/mol. The fourth-order valence-electron chi connectivity index (χ4n) is 4.07. The highest BCUT2D eigenvalue weighted by Crippen LogP contribution is 2.29. The lowest BCUT2D eigenvalue weighted by Crippen LogP contribution is -2.59. The normalized spacial score (nSPS) is 29.2. The molecule has 0 aromatic rings. The Bertz CT molecular complexity index is 490. The van der Waals surface area contributed by atoms with Crippen molar-refractivity contribution in [3.05, 3.63) is 24.0 Å². The number of carbonyl (C=O) groups excluding carboxylic acids is 1. The molecular formula is C16H26Cl2N4O. The zero-order valence-corrected chi connectivity index (χ0v) is 14.9. The molecule has 7 heteroatoms. The average molecular weight is 361 g/mol. The van der Waals surface area contributed by atoms with E-state index in [4.69, 9.17) is 0 Å². The number of carbonyl (C=O) groups is 1. The number of amides is 1. The lowest BCUT2D eigenvalue weighted by atomic mass is 9.94. The highest BCUT2D eigenvalue weighted by Gasteiger charge is 2.44. The van der Waals surface area contributed by atoms with E-state index in [0.717, 1.165) is 50.9 Å². The molecule has 4 aliphatic heterocycles. The van der Waals surface area contributed by atoms with Gasteiger partial charge in [-0.25, -0.2) is 0 Å². The molecule has 2 atom stereocenters. The maximum atomic E-state index is 12.7. The standard InChI is InChI=1S/C16H24N4O.2ClH/c21-16-14-10-18-15-3-1-2-13(20(14)15)11-19(16)9-6-12-4-7-17-8-5-12;;/h1-3,12-14,17-18H,4-11H2;2*1H. The number of hydrogen-bond acceptors (Lipinski definition) is 4. The van der Waals surface area contributed by atoms with Gasteiger partial charge in [0, 0.05) is 19.6 Å². The topological polar surface area (TPSA) is 47.6 Å². The van der Waals surface area contributed by atoms with Gasteiger partial charge in [0.15, 0.2) is 0 Å². The van der Waals surface area contributed by atoms with E-state index in [9.17, 15) is 4.79 Å². The fourth-order valence-corrected chi connectivity index (χ4v) is 4.07. The van der Waals surface area contributed by atoms with Crippen molar-refractivity contribution in [1.29, 1.82) is 0 Å². The third kappa shape index (κ3) is 3.47.